The minimum Gasteiger partial charge on any atom is -0.497 e. The van der Waals surface area contributed by atoms with Gasteiger partial charge in [-0.1, -0.05) is 13.0 Å². The Bertz CT molecular complexity index is 578. The Morgan fingerprint density at radius 3 is 2.57 bits per heavy atom. The van der Waals surface area contributed by atoms with Gasteiger partial charge in [-0.3, -0.25) is 0 Å². The molecule has 0 aliphatic carbocycles. The van der Waals surface area contributed by atoms with Gasteiger partial charge < -0.3 is 15.2 Å². The van der Waals surface area contributed by atoms with Gasteiger partial charge in [-0.25, -0.2) is 0 Å². The summed E-state index contributed by atoms with van der Waals surface area (Å²) in [6.07, 6.45) is 1.86. The number of aryl methyl sites for hydroxylation is 1. The molecular weight excluding hydrogens is 282 g/mol. The lowest BCUT2D eigenvalue weighted by molar-refractivity contribution is 0.303. The van der Waals surface area contributed by atoms with E-state index in [4.69, 9.17) is 15.2 Å². The Hall–Kier alpha value is -1.52. The minimum absolute atomic E-state index is 0.106. The maximum atomic E-state index is 6.00. The van der Waals surface area contributed by atoms with Crippen molar-refractivity contribution >= 4 is 11.3 Å². The van der Waals surface area contributed by atoms with Crippen molar-refractivity contribution < 1.29 is 9.47 Å². The van der Waals surface area contributed by atoms with Gasteiger partial charge in [0, 0.05) is 21.9 Å². The number of benzene rings is 1. The second-order valence-electron chi connectivity index (χ2n) is 5.17. The van der Waals surface area contributed by atoms with Crippen molar-refractivity contribution in [3.63, 3.8) is 0 Å². The normalized spacial score (nSPS) is 12.2. The fourth-order valence-electron chi connectivity index (χ4n) is 2.15. The second kappa shape index (κ2) is 7.48. The third-order valence-electron chi connectivity index (χ3n) is 3.25. The molecule has 0 saturated heterocycles. The summed E-state index contributed by atoms with van der Waals surface area (Å²) in [6.45, 7) is 4.75. The van der Waals surface area contributed by atoms with E-state index in [2.05, 4.69) is 19.1 Å². The first-order valence-corrected chi connectivity index (χ1v) is 8.07. The molecule has 1 heterocycles. The third kappa shape index (κ3) is 4.48. The van der Waals surface area contributed by atoms with Crippen LogP contribution in [0.25, 0.3) is 0 Å². The molecule has 0 amide bonds. The Morgan fingerprint density at radius 1 is 1.19 bits per heavy atom. The van der Waals surface area contributed by atoms with Gasteiger partial charge >= 0.3 is 0 Å². The highest BCUT2D eigenvalue weighted by atomic mass is 32.1. The molecule has 0 spiro atoms. The highest BCUT2D eigenvalue weighted by Gasteiger charge is 2.09. The SMILES string of the molecule is CCc1ccc(COc2cc(OC)ccc2CC(C)N)s1. The smallest absolute Gasteiger partial charge is 0.126 e. The minimum atomic E-state index is 0.106. The quantitative estimate of drug-likeness (QED) is 0.846. The summed E-state index contributed by atoms with van der Waals surface area (Å²) < 4.78 is 11.3. The first kappa shape index (κ1) is 15.9. The van der Waals surface area contributed by atoms with Gasteiger partial charge in [-0.05, 0) is 43.5 Å². The lowest BCUT2D eigenvalue weighted by Crippen LogP contribution is -2.18. The maximum absolute atomic E-state index is 6.00. The highest BCUT2D eigenvalue weighted by molar-refractivity contribution is 7.11. The highest BCUT2D eigenvalue weighted by Crippen LogP contribution is 2.27. The van der Waals surface area contributed by atoms with E-state index in [0.717, 1.165) is 29.9 Å². The van der Waals surface area contributed by atoms with Crippen LogP contribution in [0.3, 0.4) is 0 Å². The van der Waals surface area contributed by atoms with Crippen LogP contribution in [-0.2, 0) is 19.4 Å². The van der Waals surface area contributed by atoms with Crippen molar-refractivity contribution in [2.24, 2.45) is 5.73 Å². The van der Waals surface area contributed by atoms with Crippen LogP contribution in [0.4, 0.5) is 0 Å². The molecule has 2 aromatic rings. The summed E-state index contributed by atoms with van der Waals surface area (Å²) in [6, 6.07) is 10.3. The zero-order valence-corrected chi connectivity index (χ0v) is 13.7. The summed E-state index contributed by atoms with van der Waals surface area (Å²) in [5.41, 5.74) is 7.03. The predicted molar refractivity (Wildman–Crippen MR) is 88.4 cm³/mol. The van der Waals surface area contributed by atoms with Gasteiger partial charge in [-0.15, -0.1) is 11.3 Å². The van der Waals surface area contributed by atoms with Crippen molar-refractivity contribution in [2.75, 3.05) is 7.11 Å². The molecule has 0 saturated carbocycles. The van der Waals surface area contributed by atoms with Crippen LogP contribution in [-0.4, -0.2) is 13.2 Å². The molecule has 4 heteroatoms. The number of hydrogen-bond acceptors (Lipinski definition) is 4. The van der Waals surface area contributed by atoms with Crippen LogP contribution in [0.5, 0.6) is 11.5 Å². The summed E-state index contributed by atoms with van der Waals surface area (Å²) in [4.78, 5) is 2.62. The molecule has 0 aliphatic heterocycles. The number of rotatable bonds is 7. The van der Waals surface area contributed by atoms with Crippen LogP contribution in [0.1, 0.15) is 29.2 Å². The molecule has 0 radical (unpaired) electrons. The van der Waals surface area contributed by atoms with E-state index in [0.29, 0.717) is 6.61 Å². The first-order chi connectivity index (χ1) is 10.1. The summed E-state index contributed by atoms with van der Waals surface area (Å²) >= 11 is 1.80. The van der Waals surface area contributed by atoms with E-state index in [9.17, 15) is 0 Å². The fraction of sp³-hybridized carbons (Fsp3) is 0.412. The molecule has 0 bridgehead atoms. The molecule has 1 aromatic heterocycles. The molecular formula is C17H23NO2S. The lowest BCUT2D eigenvalue weighted by Gasteiger charge is -2.14. The van der Waals surface area contributed by atoms with Gasteiger partial charge in [0.05, 0.1) is 7.11 Å². The Balaban J connectivity index is 2.12. The van der Waals surface area contributed by atoms with Crippen molar-refractivity contribution in [3.05, 3.63) is 45.6 Å². The van der Waals surface area contributed by atoms with E-state index >= 15 is 0 Å². The van der Waals surface area contributed by atoms with Crippen LogP contribution in [0, 0.1) is 0 Å². The van der Waals surface area contributed by atoms with Gasteiger partial charge in [0.2, 0.25) is 0 Å². The Labute approximate surface area is 130 Å². The monoisotopic (exact) mass is 305 g/mol. The first-order valence-electron chi connectivity index (χ1n) is 7.25. The molecule has 21 heavy (non-hydrogen) atoms. The van der Waals surface area contributed by atoms with Gasteiger partial charge in [0.1, 0.15) is 18.1 Å². The summed E-state index contributed by atoms with van der Waals surface area (Å²) in [7, 11) is 1.66. The molecule has 1 atom stereocenters. The number of ether oxygens (including phenoxy) is 2. The lowest BCUT2D eigenvalue weighted by atomic mass is 10.1. The van der Waals surface area contributed by atoms with E-state index in [-0.39, 0.29) is 6.04 Å². The van der Waals surface area contributed by atoms with Gasteiger partial charge in [0.15, 0.2) is 0 Å². The van der Waals surface area contributed by atoms with Crippen LogP contribution < -0.4 is 15.2 Å². The number of hydrogen-bond donors (Lipinski definition) is 1. The average Bonchev–Trinajstić information content (AvgIpc) is 2.93. The van der Waals surface area contributed by atoms with Gasteiger partial charge in [0.25, 0.3) is 0 Å². The van der Waals surface area contributed by atoms with E-state index in [1.54, 1.807) is 18.4 Å². The number of thiophene rings is 1. The summed E-state index contributed by atoms with van der Waals surface area (Å²) in [5, 5.41) is 0. The van der Waals surface area contributed by atoms with Crippen LogP contribution in [0.2, 0.25) is 0 Å². The molecule has 1 unspecified atom stereocenters. The van der Waals surface area contributed by atoms with Crippen LogP contribution in [0.15, 0.2) is 30.3 Å². The Morgan fingerprint density at radius 2 is 1.95 bits per heavy atom. The third-order valence-corrected chi connectivity index (χ3v) is 4.45. The second-order valence-corrected chi connectivity index (χ2v) is 6.42. The molecule has 1 aromatic carbocycles. The predicted octanol–water partition coefficient (Wildman–Crippen LogP) is 3.79. The molecule has 0 aliphatic rings. The molecule has 3 nitrogen and oxygen atoms in total. The van der Waals surface area contributed by atoms with E-state index < -0.39 is 0 Å². The fourth-order valence-corrected chi connectivity index (χ4v) is 3.02. The molecule has 114 valence electrons. The van der Waals surface area contributed by atoms with Crippen molar-refractivity contribution in [3.8, 4) is 11.5 Å². The molecule has 0 fully saturated rings. The number of methoxy groups -OCH3 is 1. The van der Waals surface area contributed by atoms with Crippen LogP contribution >= 0.6 is 11.3 Å². The average molecular weight is 305 g/mol. The molecule has 2 N–H and O–H groups in total. The zero-order chi connectivity index (χ0) is 15.2. The Kier molecular flexibility index (Phi) is 5.65. The zero-order valence-electron chi connectivity index (χ0n) is 12.9. The van der Waals surface area contributed by atoms with Crippen molar-refractivity contribution in [2.45, 2.75) is 39.3 Å². The molecule has 2 rings (SSSR count). The topological polar surface area (TPSA) is 44.5 Å². The largest absolute Gasteiger partial charge is 0.497 e. The maximum Gasteiger partial charge on any atom is 0.126 e. The van der Waals surface area contributed by atoms with E-state index in [1.807, 2.05) is 25.1 Å². The van der Waals surface area contributed by atoms with Gasteiger partial charge in [-0.2, -0.15) is 0 Å². The van der Waals surface area contributed by atoms with E-state index in [1.165, 1.54) is 9.75 Å². The van der Waals surface area contributed by atoms with Crippen molar-refractivity contribution in [1.82, 2.24) is 0 Å². The number of nitrogens with two attached hydrogens (primary N) is 1. The summed E-state index contributed by atoms with van der Waals surface area (Å²) in [5.74, 6) is 1.66. The standard InChI is InChI=1S/C17H23NO2S/c1-4-15-7-8-16(21-15)11-20-17-10-14(19-3)6-5-13(17)9-12(2)18/h5-8,10,12H,4,9,11,18H2,1-3H3. The van der Waals surface area contributed by atoms with Crippen molar-refractivity contribution in [1.29, 1.82) is 0 Å².